The van der Waals surface area contributed by atoms with Crippen LogP contribution in [0.1, 0.15) is 31.5 Å². The number of hydrogen-bond acceptors (Lipinski definition) is 1. The summed E-state index contributed by atoms with van der Waals surface area (Å²) < 4.78 is 1.71. The fraction of sp³-hybridized carbons (Fsp3) is 0.727. The van der Waals surface area contributed by atoms with Gasteiger partial charge in [-0.25, -0.2) is 0 Å². The molecule has 1 aromatic heterocycles. The molecule has 0 fully saturated rings. The summed E-state index contributed by atoms with van der Waals surface area (Å²) in [4.78, 5) is 0. The number of alkyl halides is 1. The van der Waals surface area contributed by atoms with Gasteiger partial charge in [-0.2, -0.15) is 5.10 Å². The molecule has 1 rings (SSSR count). The van der Waals surface area contributed by atoms with E-state index < -0.39 is 0 Å². The minimum absolute atomic E-state index is 0.209. The van der Waals surface area contributed by atoms with Gasteiger partial charge in [-0.05, 0) is 25.7 Å². The van der Waals surface area contributed by atoms with Crippen LogP contribution in [0.5, 0.6) is 0 Å². The Morgan fingerprint density at radius 2 is 2.00 bits per heavy atom. The molecule has 0 aromatic carbocycles. The Balaban J connectivity index is 2.65. The van der Waals surface area contributed by atoms with Gasteiger partial charge in [0, 0.05) is 18.0 Å². The Hall–Kier alpha value is -0.210. The van der Waals surface area contributed by atoms with E-state index in [0.717, 1.165) is 29.3 Å². The summed E-state index contributed by atoms with van der Waals surface area (Å²) in [7, 11) is 1.86. The highest BCUT2D eigenvalue weighted by Crippen LogP contribution is 2.23. The summed E-state index contributed by atoms with van der Waals surface area (Å²) in [6, 6.07) is 0. The average molecular weight is 249 g/mol. The molecule has 4 heteroatoms. The molecule has 0 N–H and O–H groups in total. The lowest BCUT2D eigenvalue weighted by atomic mass is 10.0. The van der Waals surface area contributed by atoms with Crippen LogP contribution in [-0.2, 0) is 13.5 Å². The first-order valence-electron chi connectivity index (χ1n) is 5.25. The summed E-state index contributed by atoms with van der Waals surface area (Å²) in [6.45, 7) is 6.25. The van der Waals surface area contributed by atoms with Gasteiger partial charge in [0.2, 0.25) is 0 Å². The Kier molecular flexibility index (Phi) is 4.47. The zero-order chi connectivity index (χ0) is 11.6. The van der Waals surface area contributed by atoms with Crippen LogP contribution in [0.4, 0.5) is 0 Å². The van der Waals surface area contributed by atoms with Gasteiger partial charge < -0.3 is 0 Å². The van der Waals surface area contributed by atoms with E-state index in [1.165, 1.54) is 0 Å². The molecular weight excluding hydrogens is 231 g/mol. The van der Waals surface area contributed by atoms with Crippen molar-refractivity contribution in [3.8, 4) is 0 Å². The molecule has 0 saturated carbocycles. The molecule has 0 aliphatic heterocycles. The van der Waals surface area contributed by atoms with Crippen molar-refractivity contribution in [3.63, 3.8) is 0 Å². The normalized spacial score (nSPS) is 13.5. The van der Waals surface area contributed by atoms with Gasteiger partial charge in [0.05, 0.1) is 5.69 Å². The van der Waals surface area contributed by atoms with E-state index in [0.29, 0.717) is 5.92 Å². The van der Waals surface area contributed by atoms with Crippen LogP contribution in [0.3, 0.4) is 0 Å². The third-order valence-corrected chi connectivity index (χ3v) is 3.86. The van der Waals surface area contributed by atoms with Gasteiger partial charge in [0.15, 0.2) is 0 Å². The van der Waals surface area contributed by atoms with Crippen molar-refractivity contribution in [1.29, 1.82) is 0 Å². The highest BCUT2D eigenvalue weighted by molar-refractivity contribution is 6.30. The topological polar surface area (TPSA) is 17.8 Å². The Morgan fingerprint density at radius 3 is 2.40 bits per heavy atom. The predicted octanol–water partition coefficient (Wildman–Crippen LogP) is 3.58. The lowest BCUT2D eigenvalue weighted by molar-refractivity contribution is 0.565. The van der Waals surface area contributed by atoms with Crippen molar-refractivity contribution < 1.29 is 0 Å². The molecule has 0 aliphatic rings. The number of aromatic nitrogens is 2. The zero-order valence-electron chi connectivity index (χ0n) is 9.72. The molecule has 0 aliphatic carbocycles. The first-order valence-corrected chi connectivity index (χ1v) is 6.07. The van der Waals surface area contributed by atoms with E-state index in [1.807, 2.05) is 14.0 Å². The summed E-state index contributed by atoms with van der Waals surface area (Å²) >= 11 is 12.3. The van der Waals surface area contributed by atoms with Gasteiger partial charge >= 0.3 is 0 Å². The second-order valence-electron chi connectivity index (χ2n) is 4.28. The van der Waals surface area contributed by atoms with Gasteiger partial charge in [-0.15, -0.1) is 11.6 Å². The Bertz CT molecular complexity index is 332. The third kappa shape index (κ3) is 3.12. The van der Waals surface area contributed by atoms with Crippen LogP contribution in [0.15, 0.2) is 0 Å². The molecule has 0 spiro atoms. The monoisotopic (exact) mass is 248 g/mol. The Labute approximate surface area is 102 Å². The second kappa shape index (κ2) is 5.22. The predicted molar refractivity (Wildman–Crippen MR) is 65.8 cm³/mol. The quantitative estimate of drug-likeness (QED) is 0.746. The molecule has 86 valence electrons. The third-order valence-electron chi connectivity index (χ3n) is 2.66. The molecule has 0 bridgehead atoms. The van der Waals surface area contributed by atoms with Crippen molar-refractivity contribution in [2.24, 2.45) is 13.0 Å². The van der Waals surface area contributed by atoms with E-state index in [-0.39, 0.29) is 5.38 Å². The van der Waals surface area contributed by atoms with Crippen LogP contribution in [-0.4, -0.2) is 15.2 Å². The van der Waals surface area contributed by atoms with Crippen LogP contribution >= 0.6 is 23.2 Å². The lowest BCUT2D eigenvalue weighted by Gasteiger charge is -2.12. The fourth-order valence-electron chi connectivity index (χ4n) is 1.57. The maximum Gasteiger partial charge on any atom is 0.130 e. The standard InChI is InChI=1S/C11H18Cl2N2/c1-7(2)10(12)6-5-9-8(3)14-15(4)11(9)13/h7,10H,5-6H2,1-4H3. The number of aryl methyl sites for hydroxylation is 2. The minimum atomic E-state index is 0.209. The second-order valence-corrected chi connectivity index (χ2v) is 5.20. The van der Waals surface area contributed by atoms with E-state index in [4.69, 9.17) is 23.2 Å². The Morgan fingerprint density at radius 1 is 1.40 bits per heavy atom. The van der Waals surface area contributed by atoms with Crippen LogP contribution in [0.25, 0.3) is 0 Å². The van der Waals surface area contributed by atoms with E-state index in [2.05, 4.69) is 18.9 Å². The van der Waals surface area contributed by atoms with Gasteiger partial charge in [0.1, 0.15) is 5.15 Å². The summed E-state index contributed by atoms with van der Waals surface area (Å²) in [5.74, 6) is 0.502. The number of halogens is 2. The highest BCUT2D eigenvalue weighted by atomic mass is 35.5. The molecule has 2 nitrogen and oxygen atoms in total. The van der Waals surface area contributed by atoms with Crippen LogP contribution in [0.2, 0.25) is 5.15 Å². The largest absolute Gasteiger partial charge is 0.257 e. The van der Waals surface area contributed by atoms with Crippen molar-refractivity contribution >= 4 is 23.2 Å². The van der Waals surface area contributed by atoms with Crippen LogP contribution in [0, 0.1) is 12.8 Å². The van der Waals surface area contributed by atoms with Crippen molar-refractivity contribution in [3.05, 3.63) is 16.4 Å². The molecule has 0 amide bonds. The summed E-state index contributed by atoms with van der Waals surface area (Å²) in [5.41, 5.74) is 2.14. The first kappa shape index (κ1) is 12.9. The van der Waals surface area contributed by atoms with E-state index in [9.17, 15) is 0 Å². The molecule has 1 atom stereocenters. The maximum absolute atomic E-state index is 6.21. The van der Waals surface area contributed by atoms with Gasteiger partial charge in [0.25, 0.3) is 0 Å². The molecule has 15 heavy (non-hydrogen) atoms. The van der Waals surface area contributed by atoms with Crippen molar-refractivity contribution in [2.75, 3.05) is 0 Å². The van der Waals surface area contributed by atoms with E-state index in [1.54, 1.807) is 4.68 Å². The summed E-state index contributed by atoms with van der Waals surface area (Å²) in [5, 5.41) is 5.22. The van der Waals surface area contributed by atoms with Crippen molar-refractivity contribution in [1.82, 2.24) is 9.78 Å². The minimum Gasteiger partial charge on any atom is -0.257 e. The zero-order valence-corrected chi connectivity index (χ0v) is 11.2. The lowest BCUT2D eigenvalue weighted by Crippen LogP contribution is -2.09. The van der Waals surface area contributed by atoms with Gasteiger partial charge in [-0.1, -0.05) is 25.4 Å². The maximum atomic E-state index is 6.21. The van der Waals surface area contributed by atoms with E-state index >= 15 is 0 Å². The molecular formula is C11H18Cl2N2. The van der Waals surface area contributed by atoms with Gasteiger partial charge in [-0.3, -0.25) is 4.68 Å². The molecule has 1 heterocycles. The summed E-state index contributed by atoms with van der Waals surface area (Å²) in [6.07, 6.45) is 1.86. The number of hydrogen-bond donors (Lipinski definition) is 0. The molecule has 0 radical (unpaired) electrons. The van der Waals surface area contributed by atoms with Crippen LogP contribution < -0.4 is 0 Å². The fourth-order valence-corrected chi connectivity index (χ4v) is 1.95. The molecule has 1 aromatic rings. The first-order chi connectivity index (χ1) is 6.93. The number of nitrogens with zero attached hydrogens (tertiary/aromatic N) is 2. The van der Waals surface area contributed by atoms with Crippen molar-refractivity contribution in [2.45, 2.75) is 39.0 Å². The SMILES string of the molecule is Cc1nn(C)c(Cl)c1CCC(Cl)C(C)C. The average Bonchev–Trinajstić information content (AvgIpc) is 2.38. The smallest absolute Gasteiger partial charge is 0.130 e. The number of rotatable bonds is 4. The molecule has 1 unspecified atom stereocenters. The molecule has 0 saturated heterocycles. The highest BCUT2D eigenvalue weighted by Gasteiger charge is 2.14.